The van der Waals surface area contributed by atoms with Gasteiger partial charge in [0.1, 0.15) is 18.2 Å². The molecule has 19 heteroatoms. The number of rotatable bonds is 8. The number of halogens is 3. The van der Waals surface area contributed by atoms with E-state index in [0.717, 1.165) is 17.7 Å². The first-order valence-electron chi connectivity index (χ1n) is 11.9. The van der Waals surface area contributed by atoms with E-state index in [2.05, 4.69) is 20.6 Å². The van der Waals surface area contributed by atoms with Gasteiger partial charge in [-0.2, -0.15) is 21.8 Å². The lowest BCUT2D eigenvalue weighted by molar-refractivity contribution is 0.251. The number of nitrogens with zero attached hydrogens (tertiary/aromatic N) is 2. The summed E-state index contributed by atoms with van der Waals surface area (Å²) in [5.41, 5.74) is 14.6. The molecule has 4 rings (SSSR count). The molecule has 0 spiro atoms. The summed E-state index contributed by atoms with van der Waals surface area (Å²) in [6.07, 6.45) is 0. The quantitative estimate of drug-likeness (QED) is 0.111. The number of amides is 2. The lowest BCUT2D eigenvalue weighted by Gasteiger charge is -2.14. The van der Waals surface area contributed by atoms with Crippen LogP contribution in [0.5, 0.6) is 5.75 Å². The second kappa shape index (κ2) is 14.5. The van der Waals surface area contributed by atoms with Crippen LogP contribution in [0.25, 0.3) is 11.1 Å². The first-order chi connectivity index (χ1) is 20.5. The molecule has 0 atom stereocenters. The molecular weight excluding hydrogens is 666 g/mol. The zero-order valence-electron chi connectivity index (χ0n) is 22.1. The Morgan fingerprint density at radius 1 is 0.909 bits per heavy atom. The third-order valence-electron chi connectivity index (χ3n) is 5.38. The van der Waals surface area contributed by atoms with Crippen molar-refractivity contribution in [1.29, 1.82) is 0 Å². The van der Waals surface area contributed by atoms with E-state index >= 15 is 0 Å². The van der Waals surface area contributed by atoms with Gasteiger partial charge in [0, 0.05) is 17.8 Å². The van der Waals surface area contributed by atoms with E-state index < -0.39 is 31.5 Å². The van der Waals surface area contributed by atoms with Crippen LogP contribution in [0.1, 0.15) is 11.3 Å². The van der Waals surface area contributed by atoms with E-state index in [9.17, 15) is 17.1 Å². The average molecular weight is 690 g/mol. The first-order valence-corrected chi connectivity index (χ1v) is 15.4. The maximum absolute atomic E-state index is 13.0. The van der Waals surface area contributed by atoms with Crippen molar-refractivity contribution in [2.75, 3.05) is 16.8 Å². The van der Waals surface area contributed by atoms with E-state index in [-0.39, 0.29) is 24.9 Å². The molecule has 0 aliphatic heterocycles. The molecule has 14 nitrogen and oxygen atoms in total. The lowest BCUT2D eigenvalue weighted by atomic mass is 10.0. The Labute approximate surface area is 261 Å². The Bertz CT molecular complexity index is 1860. The second-order valence-electron chi connectivity index (χ2n) is 8.57. The van der Waals surface area contributed by atoms with Gasteiger partial charge in [0.25, 0.3) is 0 Å². The molecule has 1 heterocycles. The van der Waals surface area contributed by atoms with Gasteiger partial charge in [-0.1, -0.05) is 41.4 Å². The van der Waals surface area contributed by atoms with Crippen molar-refractivity contribution in [2.24, 2.45) is 0 Å². The number of nitrogens with two attached hydrogens (primary N) is 2. The number of ether oxygens (including phenoxy) is 1. The van der Waals surface area contributed by atoms with Crippen molar-refractivity contribution in [3.05, 3.63) is 88.0 Å². The van der Waals surface area contributed by atoms with Gasteiger partial charge in [-0.15, -0.1) is 3.89 Å². The largest absolute Gasteiger partial charge is 0.487 e. The molecule has 0 aliphatic rings. The highest BCUT2D eigenvalue weighted by atomic mass is 35.5. The molecule has 0 unspecified atom stereocenters. The topological polar surface area (TPSA) is 237 Å². The predicted molar refractivity (Wildman–Crippen MR) is 162 cm³/mol. The molecular formula is C25H23Cl2FN6O8S2. The van der Waals surface area contributed by atoms with Gasteiger partial charge in [0.2, 0.25) is 5.95 Å². The third-order valence-corrected chi connectivity index (χ3v) is 6.96. The van der Waals surface area contributed by atoms with Crippen LogP contribution in [-0.2, 0) is 33.8 Å². The standard InChI is InChI=1S/C25H21Cl2FN6O4S.H2O4S/c26-19-10-3-15(11-20(19)27)22-21(33-24(30)34-23(22)29)13-38-17-6-1-14(2-7-17)12-31-25(35)32-16-4-8-18(9-5-16)39(28,36)37;1-5(2,3)4/h1-11H,12-13H2,(H2,31,32,35)(H4,29,30,33,34);(H2,1,2,3,4). The zero-order chi connectivity index (χ0) is 32.7. The molecule has 0 aliphatic carbocycles. The Morgan fingerprint density at radius 2 is 1.52 bits per heavy atom. The molecule has 44 heavy (non-hydrogen) atoms. The number of anilines is 3. The van der Waals surface area contributed by atoms with Crippen molar-refractivity contribution in [3.63, 3.8) is 0 Å². The molecule has 2 amide bonds. The number of hydrogen-bond donors (Lipinski definition) is 6. The summed E-state index contributed by atoms with van der Waals surface area (Å²) < 4.78 is 72.2. The SMILES string of the molecule is Nc1nc(N)c(-c2ccc(Cl)c(Cl)c2)c(COc2ccc(CNC(=O)Nc3ccc(S(=O)(=O)F)cc3)cc2)n1.O=S(=O)(O)O. The minimum atomic E-state index is -4.81. The van der Waals surface area contributed by atoms with Crippen LogP contribution in [0.15, 0.2) is 71.6 Å². The molecule has 0 saturated heterocycles. The smallest absolute Gasteiger partial charge is 0.394 e. The minimum Gasteiger partial charge on any atom is -0.487 e. The fourth-order valence-electron chi connectivity index (χ4n) is 3.53. The van der Waals surface area contributed by atoms with Gasteiger partial charge in [-0.25, -0.2) is 9.78 Å². The zero-order valence-corrected chi connectivity index (χ0v) is 25.3. The van der Waals surface area contributed by atoms with Crippen molar-refractivity contribution in [1.82, 2.24) is 15.3 Å². The second-order valence-corrected chi connectivity index (χ2v) is 11.6. The highest BCUT2D eigenvalue weighted by Gasteiger charge is 2.16. The predicted octanol–water partition coefficient (Wildman–Crippen LogP) is 4.52. The monoisotopic (exact) mass is 688 g/mol. The van der Waals surface area contributed by atoms with Crippen molar-refractivity contribution >= 4 is 67.3 Å². The van der Waals surface area contributed by atoms with Gasteiger partial charge < -0.3 is 26.8 Å². The van der Waals surface area contributed by atoms with E-state index in [1.807, 2.05) is 0 Å². The summed E-state index contributed by atoms with van der Waals surface area (Å²) >= 11 is 12.2. The van der Waals surface area contributed by atoms with E-state index in [4.69, 9.17) is 56.9 Å². The van der Waals surface area contributed by atoms with Gasteiger partial charge in [-0.05, 0) is 59.7 Å². The van der Waals surface area contributed by atoms with Crippen LogP contribution < -0.4 is 26.8 Å². The van der Waals surface area contributed by atoms with E-state index in [0.29, 0.717) is 38.3 Å². The van der Waals surface area contributed by atoms with Crippen LogP contribution >= 0.6 is 23.2 Å². The molecule has 0 saturated carbocycles. The van der Waals surface area contributed by atoms with Gasteiger partial charge in [0.05, 0.1) is 20.6 Å². The Hall–Kier alpha value is -4.26. The summed E-state index contributed by atoms with van der Waals surface area (Å²) in [6.45, 7) is 0.235. The van der Waals surface area contributed by atoms with Gasteiger partial charge in [0.15, 0.2) is 0 Å². The number of urea groups is 1. The van der Waals surface area contributed by atoms with E-state index in [1.54, 1.807) is 42.5 Å². The van der Waals surface area contributed by atoms with Crippen LogP contribution in [0.4, 0.5) is 26.1 Å². The third kappa shape index (κ3) is 10.8. The number of hydrogen-bond acceptors (Lipinski definition) is 10. The maximum atomic E-state index is 13.0. The lowest BCUT2D eigenvalue weighted by Crippen LogP contribution is -2.28. The van der Waals surface area contributed by atoms with Crippen LogP contribution in [0.2, 0.25) is 10.0 Å². The average Bonchev–Trinajstić information content (AvgIpc) is 2.91. The van der Waals surface area contributed by atoms with Crippen LogP contribution in [0.3, 0.4) is 0 Å². The number of benzene rings is 3. The Kier molecular flexibility index (Phi) is 11.3. The van der Waals surface area contributed by atoms with Crippen molar-refractivity contribution in [3.8, 4) is 16.9 Å². The number of nitrogens with one attached hydrogen (secondary N) is 2. The van der Waals surface area contributed by atoms with E-state index in [1.165, 1.54) is 12.1 Å². The summed E-state index contributed by atoms with van der Waals surface area (Å²) in [7, 11) is -9.47. The normalized spacial score (nSPS) is 11.2. The van der Waals surface area contributed by atoms with Crippen molar-refractivity contribution in [2.45, 2.75) is 18.0 Å². The fourth-order valence-corrected chi connectivity index (χ4v) is 4.29. The molecule has 0 radical (unpaired) electrons. The number of carbonyl (C=O) groups excluding carboxylic acids is 1. The van der Waals surface area contributed by atoms with Crippen LogP contribution in [0, 0.1) is 0 Å². The maximum Gasteiger partial charge on any atom is 0.394 e. The molecule has 234 valence electrons. The van der Waals surface area contributed by atoms with Gasteiger partial charge >= 0.3 is 26.7 Å². The Morgan fingerprint density at radius 3 is 2.09 bits per heavy atom. The highest BCUT2D eigenvalue weighted by Crippen LogP contribution is 2.33. The summed E-state index contributed by atoms with van der Waals surface area (Å²) in [4.78, 5) is 20.0. The number of nitrogen functional groups attached to an aromatic ring is 2. The molecule has 8 N–H and O–H groups in total. The number of aromatic nitrogens is 2. The van der Waals surface area contributed by atoms with Gasteiger partial charge in [-0.3, -0.25) is 9.11 Å². The summed E-state index contributed by atoms with van der Waals surface area (Å²) in [5.74, 6) is 0.697. The fraction of sp³-hybridized carbons (Fsp3) is 0.0800. The minimum absolute atomic E-state index is 0.00185. The number of carbonyl (C=O) groups is 1. The highest BCUT2D eigenvalue weighted by molar-refractivity contribution is 7.86. The molecule has 1 aromatic heterocycles. The van der Waals surface area contributed by atoms with Crippen molar-refractivity contribution < 1.29 is 39.4 Å². The Balaban J connectivity index is 0.000000978. The molecule has 0 bridgehead atoms. The first kappa shape index (κ1) is 34.2. The van der Waals surface area contributed by atoms with Crippen LogP contribution in [-0.4, -0.2) is 41.9 Å². The molecule has 0 fully saturated rings. The molecule has 3 aromatic carbocycles. The summed E-state index contributed by atoms with van der Waals surface area (Å²) in [5, 5.41) is 5.94. The summed E-state index contributed by atoms with van der Waals surface area (Å²) in [6, 6.07) is 16.1. The molecule has 4 aromatic rings.